The summed E-state index contributed by atoms with van der Waals surface area (Å²) in [5, 5.41) is 24.8. The van der Waals surface area contributed by atoms with Gasteiger partial charge >= 0.3 is 5.97 Å². The Labute approximate surface area is 154 Å². The molecular weight excluding hydrogens is 330 g/mol. The van der Waals surface area contributed by atoms with Crippen LogP contribution in [0.2, 0.25) is 0 Å². The Morgan fingerprint density at radius 2 is 2.12 bits per heavy atom. The largest absolute Gasteiger partial charge is 0.460 e. The number of hydrogen-bond acceptors (Lipinski definition) is 6. The standard InChI is InChI=1S/C20H27N3O3/c1-13(24)26-19-15-9-20(2,3)10-16(15)22-18(19)17(11-21)23(25)12-14-7-5-4-6-8-14/h4-8,15-19,22,25H,9-10,12H2,1-3H3/t15-,16+,17-,18+,19+/m0/s1. The third-order valence-corrected chi connectivity index (χ3v) is 5.54. The van der Waals surface area contributed by atoms with Gasteiger partial charge in [0, 0.05) is 18.9 Å². The molecule has 140 valence electrons. The van der Waals surface area contributed by atoms with E-state index >= 15 is 0 Å². The smallest absolute Gasteiger partial charge is 0.302 e. The molecule has 0 unspecified atom stereocenters. The van der Waals surface area contributed by atoms with E-state index in [-0.39, 0.29) is 29.9 Å². The molecule has 1 aromatic carbocycles. The van der Waals surface area contributed by atoms with Crippen LogP contribution in [0, 0.1) is 22.7 Å². The monoisotopic (exact) mass is 357 g/mol. The number of rotatable bonds is 5. The molecule has 2 aliphatic rings. The van der Waals surface area contributed by atoms with E-state index in [1.54, 1.807) is 0 Å². The Morgan fingerprint density at radius 1 is 1.42 bits per heavy atom. The van der Waals surface area contributed by atoms with Crippen molar-refractivity contribution in [3.63, 3.8) is 0 Å². The fourth-order valence-electron chi connectivity index (χ4n) is 4.57. The maximum atomic E-state index is 11.7. The van der Waals surface area contributed by atoms with E-state index in [1.807, 2.05) is 30.3 Å². The number of nitriles is 1. The Hall–Kier alpha value is -1.94. The molecule has 1 saturated heterocycles. The lowest BCUT2D eigenvalue weighted by Crippen LogP contribution is -2.52. The fourth-order valence-corrected chi connectivity index (χ4v) is 4.57. The highest BCUT2D eigenvalue weighted by Gasteiger charge is 2.55. The van der Waals surface area contributed by atoms with E-state index in [9.17, 15) is 15.3 Å². The van der Waals surface area contributed by atoms with Crippen molar-refractivity contribution in [3.8, 4) is 6.07 Å². The summed E-state index contributed by atoms with van der Waals surface area (Å²) in [5.74, 6) is -0.184. The van der Waals surface area contributed by atoms with Crippen LogP contribution in [0.1, 0.15) is 39.2 Å². The number of nitrogens with zero attached hydrogens (tertiary/aromatic N) is 2. The molecule has 1 aliphatic carbocycles. The van der Waals surface area contributed by atoms with Crippen molar-refractivity contribution < 1.29 is 14.7 Å². The highest BCUT2D eigenvalue weighted by molar-refractivity contribution is 5.66. The van der Waals surface area contributed by atoms with Gasteiger partial charge in [-0.15, -0.1) is 0 Å². The van der Waals surface area contributed by atoms with E-state index in [1.165, 1.54) is 6.92 Å². The van der Waals surface area contributed by atoms with E-state index < -0.39 is 18.2 Å². The summed E-state index contributed by atoms with van der Waals surface area (Å²) >= 11 is 0. The minimum atomic E-state index is -0.798. The predicted molar refractivity (Wildman–Crippen MR) is 95.9 cm³/mol. The number of hydrogen-bond donors (Lipinski definition) is 2. The number of nitrogens with one attached hydrogen (secondary N) is 1. The summed E-state index contributed by atoms with van der Waals surface area (Å²) in [7, 11) is 0. The topological polar surface area (TPSA) is 85.6 Å². The van der Waals surface area contributed by atoms with Crippen molar-refractivity contribution in [1.29, 1.82) is 5.26 Å². The van der Waals surface area contributed by atoms with E-state index in [0.717, 1.165) is 23.5 Å². The van der Waals surface area contributed by atoms with Crippen molar-refractivity contribution in [1.82, 2.24) is 10.4 Å². The molecule has 1 heterocycles. The molecule has 0 bridgehead atoms. The molecule has 2 N–H and O–H groups in total. The van der Waals surface area contributed by atoms with E-state index in [2.05, 4.69) is 25.2 Å². The molecule has 0 spiro atoms. The van der Waals surface area contributed by atoms with Gasteiger partial charge in [-0.05, 0) is 23.8 Å². The Bertz CT molecular complexity index is 685. The zero-order chi connectivity index (χ0) is 18.9. The maximum absolute atomic E-state index is 11.7. The summed E-state index contributed by atoms with van der Waals surface area (Å²) in [4.78, 5) is 11.7. The van der Waals surface area contributed by atoms with Gasteiger partial charge < -0.3 is 15.3 Å². The number of esters is 1. The van der Waals surface area contributed by atoms with Crippen LogP contribution in [0.25, 0.3) is 0 Å². The summed E-state index contributed by atoms with van der Waals surface area (Å²) < 4.78 is 5.62. The normalized spacial score (nSPS) is 30.6. The minimum absolute atomic E-state index is 0.167. The molecule has 6 heteroatoms. The molecule has 5 atom stereocenters. The summed E-state index contributed by atoms with van der Waals surface area (Å²) in [5.41, 5.74) is 1.09. The van der Waals surface area contributed by atoms with Gasteiger partial charge in [-0.25, -0.2) is 0 Å². The van der Waals surface area contributed by atoms with Crippen molar-refractivity contribution in [2.24, 2.45) is 11.3 Å². The number of carbonyl (C=O) groups excluding carboxylic acids is 1. The van der Waals surface area contributed by atoms with Crippen molar-refractivity contribution >= 4 is 5.97 Å². The first kappa shape index (κ1) is 18.8. The molecule has 0 radical (unpaired) electrons. The first-order valence-corrected chi connectivity index (χ1v) is 9.13. The van der Waals surface area contributed by atoms with Crippen LogP contribution < -0.4 is 5.32 Å². The van der Waals surface area contributed by atoms with Crippen LogP contribution in [0.4, 0.5) is 0 Å². The molecule has 2 fully saturated rings. The lowest BCUT2D eigenvalue weighted by molar-refractivity contribution is -0.158. The van der Waals surface area contributed by atoms with Gasteiger partial charge in [-0.2, -0.15) is 10.3 Å². The number of fused-ring (bicyclic) bond motifs is 1. The zero-order valence-electron chi connectivity index (χ0n) is 15.6. The summed E-state index contributed by atoms with van der Waals surface area (Å²) in [6.45, 7) is 6.06. The number of benzene rings is 1. The van der Waals surface area contributed by atoms with Gasteiger partial charge in [-0.3, -0.25) is 4.79 Å². The number of hydroxylamine groups is 2. The average molecular weight is 357 g/mol. The van der Waals surface area contributed by atoms with Crippen LogP contribution in [-0.2, 0) is 16.1 Å². The second-order valence-electron chi connectivity index (χ2n) is 8.27. The molecule has 26 heavy (non-hydrogen) atoms. The second-order valence-corrected chi connectivity index (χ2v) is 8.27. The molecule has 1 aliphatic heterocycles. The molecule has 3 rings (SSSR count). The predicted octanol–water partition coefficient (Wildman–Crippen LogP) is 2.48. The van der Waals surface area contributed by atoms with E-state index in [4.69, 9.17) is 4.74 Å². The van der Waals surface area contributed by atoms with Crippen LogP contribution in [0.3, 0.4) is 0 Å². The maximum Gasteiger partial charge on any atom is 0.302 e. The van der Waals surface area contributed by atoms with Crippen LogP contribution in [0.15, 0.2) is 30.3 Å². The number of carbonyl (C=O) groups is 1. The summed E-state index contributed by atoms with van der Waals surface area (Å²) in [6.07, 6.45) is 1.49. The molecular formula is C20H27N3O3. The van der Waals surface area contributed by atoms with Crippen molar-refractivity contribution in [3.05, 3.63) is 35.9 Å². The third kappa shape index (κ3) is 3.90. The lowest BCUT2D eigenvalue weighted by Gasteiger charge is -2.32. The van der Waals surface area contributed by atoms with Crippen molar-refractivity contribution in [2.45, 2.75) is 64.4 Å². The first-order chi connectivity index (χ1) is 12.3. The van der Waals surface area contributed by atoms with Gasteiger partial charge in [0.15, 0.2) is 0 Å². The molecule has 6 nitrogen and oxygen atoms in total. The SMILES string of the molecule is CC(=O)O[C@@H]1[C@H]2CC(C)(C)C[C@H]2N[C@@H]1[C@H](C#N)N(O)Cc1ccccc1. The first-order valence-electron chi connectivity index (χ1n) is 9.13. The van der Waals surface area contributed by atoms with Gasteiger partial charge in [0.1, 0.15) is 12.1 Å². The highest BCUT2D eigenvalue weighted by atomic mass is 16.5. The van der Waals surface area contributed by atoms with Crippen LogP contribution in [0.5, 0.6) is 0 Å². The Morgan fingerprint density at radius 3 is 2.73 bits per heavy atom. The molecule has 0 aromatic heterocycles. The zero-order valence-corrected chi connectivity index (χ0v) is 15.6. The van der Waals surface area contributed by atoms with Crippen LogP contribution in [-0.4, -0.2) is 40.5 Å². The third-order valence-electron chi connectivity index (χ3n) is 5.54. The average Bonchev–Trinajstić information content (AvgIpc) is 3.02. The van der Waals surface area contributed by atoms with Crippen LogP contribution >= 0.6 is 0 Å². The van der Waals surface area contributed by atoms with Crippen molar-refractivity contribution in [2.75, 3.05) is 0 Å². The highest BCUT2D eigenvalue weighted by Crippen LogP contribution is 2.47. The lowest BCUT2D eigenvalue weighted by atomic mass is 9.87. The second kappa shape index (κ2) is 7.36. The van der Waals surface area contributed by atoms with Gasteiger partial charge in [-0.1, -0.05) is 44.2 Å². The molecule has 1 saturated carbocycles. The van der Waals surface area contributed by atoms with E-state index in [0.29, 0.717) is 0 Å². The minimum Gasteiger partial charge on any atom is -0.460 e. The number of ether oxygens (including phenoxy) is 1. The van der Waals surface area contributed by atoms with Gasteiger partial charge in [0.05, 0.1) is 18.7 Å². The van der Waals surface area contributed by atoms with Gasteiger partial charge in [0.2, 0.25) is 0 Å². The molecule has 0 amide bonds. The Balaban J connectivity index is 1.78. The quantitative estimate of drug-likeness (QED) is 0.622. The summed E-state index contributed by atoms with van der Waals surface area (Å²) in [6, 6.07) is 10.7. The Kier molecular flexibility index (Phi) is 5.33. The van der Waals surface area contributed by atoms with Gasteiger partial charge in [0.25, 0.3) is 0 Å². The molecule has 1 aromatic rings. The fraction of sp³-hybridized carbons (Fsp3) is 0.600.